The lowest BCUT2D eigenvalue weighted by molar-refractivity contribution is -0.137. The standard InChI is InChI=1S/C21H18Cl2F3N3O5/c1-9-7-10(21(24,25)26)8-13(27-9)29-15(16(30)17(31)20(29)33)19(32)28-5-2-6-34-18-12(28)4-3-11(22)14(18)23/h3-4,7-8,15-17,30-31H,2,5-6H2,1H3/t15-,16-,17-/m0/s1/i5D2. The lowest BCUT2D eigenvalue weighted by Crippen LogP contribution is -2.51. The van der Waals surface area contributed by atoms with Gasteiger partial charge in [-0.15, -0.1) is 0 Å². The van der Waals surface area contributed by atoms with Crippen molar-refractivity contribution in [3.05, 3.63) is 45.6 Å². The van der Waals surface area contributed by atoms with Gasteiger partial charge in [-0.25, -0.2) is 4.98 Å². The summed E-state index contributed by atoms with van der Waals surface area (Å²) < 4.78 is 62.7. The molecule has 1 saturated heterocycles. The molecule has 0 saturated carbocycles. The van der Waals surface area contributed by atoms with E-state index in [1.54, 1.807) is 0 Å². The average molecular weight is 522 g/mol. The Hall–Kier alpha value is -2.60. The Morgan fingerprint density at radius 3 is 2.68 bits per heavy atom. The predicted octanol–water partition coefficient (Wildman–Crippen LogP) is 2.97. The Balaban J connectivity index is 1.88. The van der Waals surface area contributed by atoms with Crippen LogP contribution in [0.15, 0.2) is 24.3 Å². The van der Waals surface area contributed by atoms with Crippen LogP contribution in [-0.4, -0.2) is 58.4 Å². The molecule has 2 amide bonds. The van der Waals surface area contributed by atoms with Crippen LogP contribution in [-0.2, 0) is 15.8 Å². The molecule has 3 heterocycles. The number of aliphatic hydroxyl groups excluding tert-OH is 2. The predicted molar refractivity (Wildman–Crippen MR) is 116 cm³/mol. The van der Waals surface area contributed by atoms with Gasteiger partial charge >= 0.3 is 6.18 Å². The normalized spacial score (nSPS) is 25.3. The van der Waals surface area contributed by atoms with Crippen molar-refractivity contribution in [3.63, 3.8) is 0 Å². The van der Waals surface area contributed by atoms with E-state index in [2.05, 4.69) is 4.98 Å². The van der Waals surface area contributed by atoms with Crippen molar-refractivity contribution in [2.75, 3.05) is 22.9 Å². The van der Waals surface area contributed by atoms with Gasteiger partial charge in [-0.3, -0.25) is 14.5 Å². The molecule has 2 N–H and O–H groups in total. The number of halogens is 5. The highest BCUT2D eigenvalue weighted by atomic mass is 35.5. The van der Waals surface area contributed by atoms with Gasteiger partial charge in [0.05, 0.1) is 22.9 Å². The summed E-state index contributed by atoms with van der Waals surface area (Å²) in [6.07, 6.45) is -9.50. The number of benzene rings is 1. The second-order valence-electron chi connectivity index (χ2n) is 7.58. The maximum absolute atomic E-state index is 13.8. The second kappa shape index (κ2) is 8.88. The first-order valence-electron chi connectivity index (χ1n) is 10.8. The van der Waals surface area contributed by atoms with Crippen molar-refractivity contribution < 1.29 is 40.5 Å². The first-order chi connectivity index (χ1) is 16.6. The van der Waals surface area contributed by atoms with E-state index >= 15 is 0 Å². The van der Waals surface area contributed by atoms with Crippen molar-refractivity contribution in [2.24, 2.45) is 0 Å². The van der Waals surface area contributed by atoms with Crippen LogP contribution in [0.1, 0.15) is 20.4 Å². The molecule has 2 aliphatic rings. The third-order valence-corrected chi connectivity index (χ3v) is 6.08. The number of hydrogen-bond acceptors (Lipinski definition) is 6. The quantitative estimate of drug-likeness (QED) is 0.629. The number of rotatable bonds is 2. The number of aromatic nitrogens is 1. The zero-order valence-electron chi connectivity index (χ0n) is 19.3. The average Bonchev–Trinajstić information content (AvgIpc) is 2.91. The summed E-state index contributed by atoms with van der Waals surface area (Å²) in [6, 6.07) is 1.70. The highest BCUT2D eigenvalue weighted by molar-refractivity contribution is 6.43. The minimum Gasteiger partial charge on any atom is -0.490 e. The van der Waals surface area contributed by atoms with E-state index in [1.165, 1.54) is 19.1 Å². The zero-order chi connectivity index (χ0) is 26.7. The van der Waals surface area contributed by atoms with Crippen molar-refractivity contribution in [1.29, 1.82) is 0 Å². The number of pyridine rings is 1. The molecule has 8 nitrogen and oxygen atoms in total. The molecule has 0 unspecified atom stereocenters. The van der Waals surface area contributed by atoms with Gasteiger partial charge in [0.25, 0.3) is 11.8 Å². The molecule has 0 bridgehead atoms. The first kappa shape index (κ1) is 21.9. The Morgan fingerprint density at radius 1 is 1.29 bits per heavy atom. The second-order valence-corrected chi connectivity index (χ2v) is 8.37. The van der Waals surface area contributed by atoms with Crippen molar-refractivity contribution in [3.8, 4) is 5.75 Å². The molecular formula is C21H18Cl2F3N3O5. The maximum Gasteiger partial charge on any atom is 0.416 e. The fourth-order valence-electron chi connectivity index (χ4n) is 3.76. The molecule has 2 aliphatic heterocycles. The van der Waals surface area contributed by atoms with E-state index in [0.717, 1.165) is 6.07 Å². The molecule has 182 valence electrons. The number of amides is 2. The van der Waals surface area contributed by atoms with Crippen LogP contribution in [0.3, 0.4) is 0 Å². The first-order valence-corrected chi connectivity index (χ1v) is 10.6. The molecular weight excluding hydrogens is 502 g/mol. The van der Waals surface area contributed by atoms with Crippen LogP contribution in [0.4, 0.5) is 24.7 Å². The number of nitrogens with zero attached hydrogens (tertiary/aromatic N) is 3. The lowest BCUT2D eigenvalue weighted by Gasteiger charge is -2.31. The maximum atomic E-state index is 13.8. The number of aryl methyl sites for hydroxylation is 1. The summed E-state index contributed by atoms with van der Waals surface area (Å²) in [5.41, 5.74) is -1.52. The number of fused-ring (bicyclic) bond motifs is 1. The summed E-state index contributed by atoms with van der Waals surface area (Å²) in [4.78, 5) is 31.6. The largest absolute Gasteiger partial charge is 0.490 e. The molecule has 3 atom stereocenters. The number of carbonyl (C=O) groups excluding carboxylic acids is 2. The highest BCUT2D eigenvalue weighted by Gasteiger charge is 2.53. The van der Waals surface area contributed by atoms with Crippen LogP contribution in [0.5, 0.6) is 5.75 Å². The fourth-order valence-corrected chi connectivity index (χ4v) is 4.12. The number of anilines is 2. The lowest BCUT2D eigenvalue weighted by atomic mass is 10.1. The van der Waals surface area contributed by atoms with Gasteiger partial charge in [0, 0.05) is 14.9 Å². The van der Waals surface area contributed by atoms with E-state index in [4.69, 9.17) is 30.7 Å². The molecule has 13 heteroatoms. The minimum atomic E-state index is -4.82. The van der Waals surface area contributed by atoms with E-state index in [9.17, 15) is 33.0 Å². The summed E-state index contributed by atoms with van der Waals surface area (Å²) in [7, 11) is 0. The number of alkyl halides is 3. The summed E-state index contributed by atoms with van der Waals surface area (Å²) >= 11 is 12.2. The molecule has 34 heavy (non-hydrogen) atoms. The highest BCUT2D eigenvalue weighted by Crippen LogP contribution is 2.43. The smallest absolute Gasteiger partial charge is 0.416 e. The van der Waals surface area contributed by atoms with E-state index in [-0.39, 0.29) is 40.2 Å². The Kier molecular flexibility index (Phi) is 5.72. The molecule has 1 aromatic carbocycles. The molecule has 0 radical (unpaired) electrons. The number of carbonyl (C=O) groups is 2. The van der Waals surface area contributed by atoms with Gasteiger partial charge < -0.3 is 19.8 Å². The molecule has 1 aromatic heterocycles. The zero-order valence-corrected chi connectivity index (χ0v) is 18.8. The minimum absolute atomic E-state index is 0.0436. The van der Waals surface area contributed by atoms with E-state index in [1.807, 2.05) is 0 Å². The number of hydrogen-bond donors (Lipinski definition) is 2. The molecule has 2 aromatic rings. The third kappa shape index (κ3) is 4.17. The van der Waals surface area contributed by atoms with Crippen molar-refractivity contribution >= 4 is 46.5 Å². The number of aliphatic hydroxyl groups is 2. The monoisotopic (exact) mass is 521 g/mol. The van der Waals surface area contributed by atoms with Crippen LogP contribution >= 0.6 is 23.2 Å². The summed E-state index contributed by atoms with van der Waals surface area (Å²) in [6.45, 7) is -1.45. The van der Waals surface area contributed by atoms with Crippen molar-refractivity contribution in [2.45, 2.75) is 37.8 Å². The van der Waals surface area contributed by atoms with Crippen LogP contribution < -0.4 is 14.5 Å². The van der Waals surface area contributed by atoms with Gasteiger partial charge in [0.2, 0.25) is 0 Å². The topological polar surface area (TPSA) is 103 Å². The molecule has 1 fully saturated rings. The van der Waals surface area contributed by atoms with Gasteiger partial charge in [-0.05, 0) is 37.6 Å². The Morgan fingerprint density at radius 2 is 2.00 bits per heavy atom. The van der Waals surface area contributed by atoms with Crippen LogP contribution in [0, 0.1) is 6.92 Å². The number of ether oxygens (including phenoxy) is 1. The molecule has 4 rings (SSSR count). The van der Waals surface area contributed by atoms with Gasteiger partial charge in [-0.1, -0.05) is 23.2 Å². The molecule has 0 aliphatic carbocycles. The Bertz CT molecular complexity index is 1250. The van der Waals surface area contributed by atoms with E-state index < -0.39 is 54.1 Å². The van der Waals surface area contributed by atoms with Crippen LogP contribution in [0.25, 0.3) is 0 Å². The van der Waals surface area contributed by atoms with Crippen LogP contribution in [0.2, 0.25) is 10.0 Å². The summed E-state index contributed by atoms with van der Waals surface area (Å²) in [5, 5.41) is 20.8. The van der Waals surface area contributed by atoms with E-state index in [0.29, 0.717) is 15.9 Å². The third-order valence-electron chi connectivity index (χ3n) is 5.29. The van der Waals surface area contributed by atoms with Crippen molar-refractivity contribution in [1.82, 2.24) is 4.98 Å². The molecule has 0 spiro atoms. The van der Waals surface area contributed by atoms with Gasteiger partial charge in [-0.2, -0.15) is 13.2 Å². The van der Waals surface area contributed by atoms with Gasteiger partial charge in [0.1, 0.15) is 23.0 Å². The SMILES string of the molecule is [2H]C1([2H])CCOc2c(ccc(Cl)c2Cl)N1C(=O)[C@@H]1[C@H](O)[C@H](O)C(=O)N1c1cc(C(F)(F)F)cc(C)n1. The summed E-state index contributed by atoms with van der Waals surface area (Å²) in [5.74, 6) is -3.33. The van der Waals surface area contributed by atoms with Gasteiger partial charge in [0.15, 0.2) is 11.9 Å². The fraction of sp³-hybridized carbons (Fsp3) is 0.381. The Labute approximate surface area is 204 Å².